The molecule has 0 aliphatic heterocycles. The van der Waals surface area contributed by atoms with Gasteiger partial charge < -0.3 is 5.73 Å². The van der Waals surface area contributed by atoms with Gasteiger partial charge in [-0.15, -0.1) is 0 Å². The summed E-state index contributed by atoms with van der Waals surface area (Å²) in [6.45, 7) is 2.22. The molecule has 0 saturated carbocycles. The minimum absolute atomic E-state index is 0.157. The fourth-order valence-electron chi connectivity index (χ4n) is 1.80. The van der Waals surface area contributed by atoms with E-state index in [2.05, 4.69) is 18.7 Å². The molecule has 0 bridgehead atoms. The quantitative estimate of drug-likeness (QED) is 0.554. The number of nitrogens with one attached hydrogen (secondary N) is 1. The lowest BCUT2D eigenvalue weighted by Gasteiger charge is -2.00. The van der Waals surface area contributed by atoms with E-state index in [0.29, 0.717) is 5.92 Å². The Morgan fingerprint density at radius 1 is 1.38 bits per heavy atom. The molecule has 0 saturated heterocycles. The van der Waals surface area contributed by atoms with Crippen molar-refractivity contribution < 1.29 is 4.39 Å². The van der Waals surface area contributed by atoms with E-state index in [1.54, 1.807) is 0 Å². The molecule has 1 unspecified atom stereocenters. The standard InChI is InChI=1S/C12H13F.CH4N2/c1-9-2-3-11(8-9)10-4-6-12(13)7-5-10;2-1-3/h4-9H,2-3H2,1H3;1H,(H3,2,3). The van der Waals surface area contributed by atoms with Gasteiger partial charge in [0.05, 0.1) is 6.34 Å². The van der Waals surface area contributed by atoms with Gasteiger partial charge in [0.1, 0.15) is 5.82 Å². The molecular formula is C13H17FN2. The maximum absolute atomic E-state index is 12.6. The summed E-state index contributed by atoms with van der Waals surface area (Å²) in [5.41, 5.74) is 6.93. The molecule has 1 atom stereocenters. The molecule has 3 N–H and O–H groups in total. The van der Waals surface area contributed by atoms with Crippen LogP contribution in [0.15, 0.2) is 30.3 Å². The van der Waals surface area contributed by atoms with E-state index in [4.69, 9.17) is 5.41 Å². The largest absolute Gasteiger partial charge is 0.390 e. The Hall–Kier alpha value is -1.64. The summed E-state index contributed by atoms with van der Waals surface area (Å²) in [6.07, 6.45) is 5.40. The van der Waals surface area contributed by atoms with E-state index in [1.165, 1.54) is 29.7 Å². The molecule has 0 heterocycles. The van der Waals surface area contributed by atoms with Crippen molar-refractivity contribution in [2.24, 2.45) is 11.7 Å². The van der Waals surface area contributed by atoms with Crippen LogP contribution in [0.4, 0.5) is 4.39 Å². The van der Waals surface area contributed by atoms with Crippen molar-refractivity contribution >= 4 is 11.9 Å². The van der Waals surface area contributed by atoms with Gasteiger partial charge in [0.2, 0.25) is 0 Å². The van der Waals surface area contributed by atoms with Crippen molar-refractivity contribution in [1.82, 2.24) is 0 Å². The molecule has 0 aromatic heterocycles. The van der Waals surface area contributed by atoms with Crippen LogP contribution in [0.5, 0.6) is 0 Å². The average Bonchev–Trinajstić information content (AvgIpc) is 2.67. The van der Waals surface area contributed by atoms with Crippen LogP contribution < -0.4 is 5.73 Å². The Bertz CT molecular complexity index is 368. The predicted molar refractivity (Wildman–Crippen MR) is 65.7 cm³/mol. The second-order valence-electron chi connectivity index (χ2n) is 3.88. The maximum atomic E-state index is 12.6. The molecule has 0 spiro atoms. The Morgan fingerprint density at radius 2 is 1.94 bits per heavy atom. The number of allylic oxidation sites excluding steroid dienone is 2. The van der Waals surface area contributed by atoms with E-state index in [0.717, 1.165) is 12.8 Å². The van der Waals surface area contributed by atoms with Crippen LogP contribution in [0.2, 0.25) is 0 Å². The summed E-state index contributed by atoms with van der Waals surface area (Å²) in [4.78, 5) is 0. The second-order valence-corrected chi connectivity index (χ2v) is 3.88. The summed E-state index contributed by atoms with van der Waals surface area (Å²) in [7, 11) is 0. The lowest BCUT2D eigenvalue weighted by Crippen LogP contribution is -1.81. The molecule has 0 fully saturated rings. The summed E-state index contributed by atoms with van der Waals surface area (Å²) >= 11 is 0. The van der Waals surface area contributed by atoms with Crippen molar-refractivity contribution in [2.45, 2.75) is 19.8 Å². The number of hydrogen-bond acceptors (Lipinski definition) is 1. The number of halogens is 1. The molecular weight excluding hydrogens is 203 g/mol. The van der Waals surface area contributed by atoms with Crippen LogP contribution in [-0.2, 0) is 0 Å². The van der Waals surface area contributed by atoms with Gasteiger partial charge >= 0.3 is 0 Å². The molecule has 2 nitrogen and oxygen atoms in total. The first-order valence-corrected chi connectivity index (χ1v) is 5.34. The zero-order valence-corrected chi connectivity index (χ0v) is 9.41. The molecule has 3 heteroatoms. The van der Waals surface area contributed by atoms with Crippen LogP contribution in [0.25, 0.3) is 5.57 Å². The van der Waals surface area contributed by atoms with Crippen LogP contribution >= 0.6 is 0 Å². The van der Waals surface area contributed by atoms with Crippen molar-refractivity contribution in [3.8, 4) is 0 Å². The second kappa shape index (κ2) is 6.05. The zero-order chi connectivity index (χ0) is 12.0. The lowest BCUT2D eigenvalue weighted by molar-refractivity contribution is 0.627. The number of nitrogens with two attached hydrogens (primary N) is 1. The molecule has 1 aromatic carbocycles. The Kier molecular flexibility index (Phi) is 4.70. The lowest BCUT2D eigenvalue weighted by atomic mass is 10.1. The van der Waals surface area contributed by atoms with Crippen LogP contribution in [0, 0.1) is 17.1 Å². The van der Waals surface area contributed by atoms with Crippen LogP contribution in [-0.4, -0.2) is 6.34 Å². The van der Waals surface area contributed by atoms with Crippen molar-refractivity contribution in [1.29, 1.82) is 5.41 Å². The van der Waals surface area contributed by atoms with Gasteiger partial charge in [-0.2, -0.15) is 0 Å². The van der Waals surface area contributed by atoms with Gasteiger partial charge in [-0.25, -0.2) is 4.39 Å². The van der Waals surface area contributed by atoms with Gasteiger partial charge in [0.15, 0.2) is 0 Å². The molecule has 86 valence electrons. The average molecular weight is 220 g/mol. The topological polar surface area (TPSA) is 49.9 Å². The van der Waals surface area contributed by atoms with Gasteiger partial charge in [0, 0.05) is 0 Å². The zero-order valence-electron chi connectivity index (χ0n) is 9.41. The minimum atomic E-state index is -0.157. The normalized spacial score (nSPS) is 18.4. The van der Waals surface area contributed by atoms with Crippen molar-refractivity contribution in [3.05, 3.63) is 41.7 Å². The Balaban J connectivity index is 0.000000386. The van der Waals surface area contributed by atoms with Crippen LogP contribution in [0.3, 0.4) is 0 Å². The molecule has 1 aliphatic carbocycles. The van der Waals surface area contributed by atoms with Gasteiger partial charge in [-0.1, -0.05) is 25.1 Å². The molecule has 0 radical (unpaired) electrons. The van der Waals surface area contributed by atoms with E-state index >= 15 is 0 Å². The highest BCUT2D eigenvalue weighted by atomic mass is 19.1. The van der Waals surface area contributed by atoms with E-state index in [1.807, 2.05) is 12.1 Å². The van der Waals surface area contributed by atoms with E-state index in [-0.39, 0.29) is 5.82 Å². The van der Waals surface area contributed by atoms with Crippen LogP contribution in [0.1, 0.15) is 25.3 Å². The maximum Gasteiger partial charge on any atom is 0.123 e. The van der Waals surface area contributed by atoms with Crippen molar-refractivity contribution in [3.63, 3.8) is 0 Å². The number of hydrogen-bond donors (Lipinski definition) is 2. The monoisotopic (exact) mass is 220 g/mol. The SMILES string of the molecule is CC1C=C(c2ccc(F)cc2)CC1.N=CN. The highest BCUT2D eigenvalue weighted by Crippen LogP contribution is 2.30. The van der Waals surface area contributed by atoms with Gasteiger partial charge in [-0.3, -0.25) is 5.41 Å². The molecule has 0 amide bonds. The number of benzene rings is 1. The third-order valence-electron chi connectivity index (χ3n) is 2.57. The Morgan fingerprint density at radius 3 is 2.38 bits per heavy atom. The Labute approximate surface area is 95.5 Å². The smallest absolute Gasteiger partial charge is 0.123 e. The summed E-state index contributed by atoms with van der Waals surface area (Å²) in [5, 5.41) is 5.86. The first-order chi connectivity index (χ1) is 7.67. The van der Waals surface area contributed by atoms with Gasteiger partial charge in [-0.05, 0) is 42.0 Å². The predicted octanol–water partition coefficient (Wildman–Crippen LogP) is 3.19. The third-order valence-corrected chi connectivity index (χ3v) is 2.57. The first-order valence-electron chi connectivity index (χ1n) is 5.34. The number of rotatable bonds is 1. The van der Waals surface area contributed by atoms with Gasteiger partial charge in [0.25, 0.3) is 0 Å². The summed E-state index contributed by atoms with van der Waals surface area (Å²) in [6, 6.07) is 6.77. The molecule has 16 heavy (non-hydrogen) atoms. The fraction of sp³-hybridized carbons (Fsp3) is 0.308. The molecule has 1 aromatic rings. The van der Waals surface area contributed by atoms with Crippen molar-refractivity contribution in [2.75, 3.05) is 0 Å². The fourth-order valence-corrected chi connectivity index (χ4v) is 1.80. The molecule has 2 rings (SSSR count). The third kappa shape index (κ3) is 3.50. The first kappa shape index (κ1) is 12.4. The van der Waals surface area contributed by atoms with E-state index in [9.17, 15) is 4.39 Å². The summed E-state index contributed by atoms with van der Waals surface area (Å²) in [5.74, 6) is 0.524. The van der Waals surface area contributed by atoms with E-state index < -0.39 is 0 Å². The highest BCUT2D eigenvalue weighted by molar-refractivity contribution is 5.67. The minimum Gasteiger partial charge on any atom is -0.390 e. The summed E-state index contributed by atoms with van der Waals surface area (Å²) < 4.78 is 12.6. The molecule has 1 aliphatic rings. The highest BCUT2D eigenvalue weighted by Gasteiger charge is 2.12.